The molecule has 0 atom stereocenters. The molecule has 0 aliphatic heterocycles. The minimum Gasteiger partial charge on any atom is -0.462 e. The van der Waals surface area contributed by atoms with Gasteiger partial charge in [-0.3, -0.25) is 14.9 Å². The molecule has 0 unspecified atom stereocenters. The van der Waals surface area contributed by atoms with Crippen LogP contribution in [0.3, 0.4) is 0 Å². The first-order valence-electron chi connectivity index (χ1n) is 7.37. The number of amides is 1. The zero-order valence-corrected chi connectivity index (χ0v) is 14.9. The number of esters is 1. The van der Waals surface area contributed by atoms with Crippen molar-refractivity contribution in [1.29, 1.82) is 0 Å². The summed E-state index contributed by atoms with van der Waals surface area (Å²) in [6.45, 7) is 1.83. The molecular formula is C16H15ClN2O5S. The summed E-state index contributed by atoms with van der Waals surface area (Å²) in [5.74, 6) is -0.775. The SMILES string of the molecule is CCOC(=O)c1c(-c2cccc([N+](=O)[O-])c2)csc1NC(=O)CCCl. The average Bonchev–Trinajstić information content (AvgIpc) is 2.99. The van der Waals surface area contributed by atoms with Gasteiger partial charge in [0.25, 0.3) is 5.69 Å². The average molecular weight is 383 g/mol. The zero-order chi connectivity index (χ0) is 18.4. The Morgan fingerprint density at radius 1 is 1.40 bits per heavy atom. The lowest BCUT2D eigenvalue weighted by Gasteiger charge is -2.08. The van der Waals surface area contributed by atoms with Crippen molar-refractivity contribution in [2.45, 2.75) is 13.3 Å². The molecule has 0 saturated heterocycles. The van der Waals surface area contributed by atoms with Crippen molar-refractivity contribution >= 4 is 45.5 Å². The Hall–Kier alpha value is -2.45. The number of non-ortho nitro benzene ring substituents is 1. The predicted molar refractivity (Wildman–Crippen MR) is 96.3 cm³/mol. The van der Waals surface area contributed by atoms with Crippen molar-refractivity contribution < 1.29 is 19.2 Å². The number of carbonyl (C=O) groups is 2. The molecule has 25 heavy (non-hydrogen) atoms. The minimum atomic E-state index is -0.605. The van der Waals surface area contributed by atoms with Crippen LogP contribution >= 0.6 is 22.9 Å². The van der Waals surface area contributed by atoms with Gasteiger partial charge in [0.05, 0.1) is 11.5 Å². The lowest BCUT2D eigenvalue weighted by molar-refractivity contribution is -0.384. The van der Waals surface area contributed by atoms with Crippen molar-refractivity contribution in [3.05, 3.63) is 45.3 Å². The molecule has 0 radical (unpaired) electrons. The van der Waals surface area contributed by atoms with E-state index in [1.807, 2.05) is 0 Å². The molecule has 9 heteroatoms. The normalized spacial score (nSPS) is 10.3. The Morgan fingerprint density at radius 3 is 2.80 bits per heavy atom. The van der Waals surface area contributed by atoms with Crippen LogP contribution in [0.25, 0.3) is 11.1 Å². The van der Waals surface area contributed by atoms with Gasteiger partial charge in [-0.05, 0) is 12.5 Å². The number of nitro benzene ring substituents is 1. The molecule has 1 N–H and O–H groups in total. The van der Waals surface area contributed by atoms with E-state index < -0.39 is 10.9 Å². The van der Waals surface area contributed by atoms with E-state index >= 15 is 0 Å². The lowest BCUT2D eigenvalue weighted by Crippen LogP contribution is -2.14. The summed E-state index contributed by atoms with van der Waals surface area (Å²) in [6.07, 6.45) is 0.105. The van der Waals surface area contributed by atoms with Gasteiger partial charge in [0.15, 0.2) is 0 Å². The van der Waals surface area contributed by atoms with Gasteiger partial charge in [0.2, 0.25) is 5.91 Å². The number of carbonyl (C=O) groups excluding carboxylic acids is 2. The van der Waals surface area contributed by atoms with Crippen molar-refractivity contribution in [3.63, 3.8) is 0 Å². The first-order valence-corrected chi connectivity index (χ1v) is 8.78. The summed E-state index contributed by atoms with van der Waals surface area (Å²) in [4.78, 5) is 34.6. The van der Waals surface area contributed by atoms with E-state index in [0.29, 0.717) is 16.1 Å². The number of halogens is 1. The molecule has 0 fully saturated rings. The maximum absolute atomic E-state index is 12.4. The minimum absolute atomic E-state index is 0.0914. The second kappa shape index (κ2) is 8.59. The Kier molecular flexibility index (Phi) is 6.49. The second-order valence-electron chi connectivity index (χ2n) is 4.87. The predicted octanol–water partition coefficient (Wildman–Crippen LogP) is 4.07. The zero-order valence-electron chi connectivity index (χ0n) is 13.3. The largest absolute Gasteiger partial charge is 0.462 e. The molecule has 2 rings (SSSR count). The third-order valence-electron chi connectivity index (χ3n) is 3.21. The van der Waals surface area contributed by atoms with Gasteiger partial charge in [0.1, 0.15) is 10.6 Å². The Morgan fingerprint density at radius 2 is 2.16 bits per heavy atom. The number of rotatable bonds is 7. The Labute approximate surface area is 152 Å². The molecule has 1 heterocycles. The van der Waals surface area contributed by atoms with Crippen molar-refractivity contribution in [3.8, 4) is 11.1 Å². The highest BCUT2D eigenvalue weighted by molar-refractivity contribution is 7.15. The van der Waals surface area contributed by atoms with E-state index in [0.717, 1.165) is 11.3 Å². The molecule has 132 valence electrons. The topological polar surface area (TPSA) is 98.5 Å². The standard InChI is InChI=1S/C16H15ClN2O5S/c1-2-24-16(21)14-12(9-25-15(14)18-13(20)6-7-17)10-4-3-5-11(8-10)19(22)23/h3-5,8-9H,2,6-7H2,1H3,(H,18,20). The summed E-state index contributed by atoms with van der Waals surface area (Å²) < 4.78 is 5.06. The fourth-order valence-electron chi connectivity index (χ4n) is 2.13. The van der Waals surface area contributed by atoms with Crippen LogP contribution in [0.1, 0.15) is 23.7 Å². The van der Waals surface area contributed by atoms with Crippen molar-refractivity contribution in [2.75, 3.05) is 17.8 Å². The van der Waals surface area contributed by atoms with Crippen LogP contribution in [-0.4, -0.2) is 29.3 Å². The van der Waals surface area contributed by atoms with Crippen LogP contribution < -0.4 is 5.32 Å². The van der Waals surface area contributed by atoms with Gasteiger partial charge in [-0.15, -0.1) is 22.9 Å². The third-order valence-corrected chi connectivity index (χ3v) is 4.30. The highest BCUT2D eigenvalue weighted by Gasteiger charge is 2.23. The maximum Gasteiger partial charge on any atom is 0.341 e. The molecule has 0 aliphatic rings. The van der Waals surface area contributed by atoms with Gasteiger partial charge in [-0.25, -0.2) is 4.79 Å². The number of hydrogen-bond donors (Lipinski definition) is 1. The van der Waals surface area contributed by atoms with Crippen LogP contribution in [0.5, 0.6) is 0 Å². The molecule has 1 amide bonds. The van der Waals surface area contributed by atoms with E-state index in [1.54, 1.807) is 18.4 Å². The summed E-state index contributed by atoms with van der Waals surface area (Å²) in [7, 11) is 0. The first-order chi connectivity index (χ1) is 12.0. The molecular weight excluding hydrogens is 368 g/mol. The Balaban J connectivity index is 2.49. The number of ether oxygens (including phenoxy) is 1. The van der Waals surface area contributed by atoms with Crippen LogP contribution in [0, 0.1) is 10.1 Å². The summed E-state index contributed by atoms with van der Waals surface area (Å²) in [5, 5.41) is 15.6. The number of benzene rings is 1. The molecule has 0 saturated carbocycles. The first kappa shape index (κ1) is 18.9. The molecule has 0 bridgehead atoms. The van der Waals surface area contributed by atoms with Gasteiger partial charge in [-0.1, -0.05) is 12.1 Å². The molecule has 7 nitrogen and oxygen atoms in total. The molecule has 1 aromatic carbocycles. The number of nitro groups is 1. The van der Waals surface area contributed by atoms with E-state index in [2.05, 4.69) is 5.32 Å². The van der Waals surface area contributed by atoms with Crippen molar-refractivity contribution in [2.24, 2.45) is 0 Å². The van der Waals surface area contributed by atoms with Crippen LogP contribution in [0.2, 0.25) is 0 Å². The number of nitrogens with one attached hydrogen (secondary N) is 1. The van der Waals surface area contributed by atoms with Crippen molar-refractivity contribution in [1.82, 2.24) is 0 Å². The van der Waals surface area contributed by atoms with E-state index in [4.69, 9.17) is 16.3 Å². The third kappa shape index (κ3) is 4.55. The molecule has 1 aromatic heterocycles. The number of nitrogens with zero attached hydrogens (tertiary/aromatic N) is 1. The van der Waals surface area contributed by atoms with Gasteiger partial charge < -0.3 is 10.1 Å². The fourth-order valence-corrected chi connectivity index (χ4v) is 3.28. The van der Waals surface area contributed by atoms with Crippen LogP contribution in [0.4, 0.5) is 10.7 Å². The summed E-state index contributed by atoms with van der Waals surface area (Å²) in [5.41, 5.74) is 1.04. The summed E-state index contributed by atoms with van der Waals surface area (Å²) >= 11 is 6.70. The smallest absolute Gasteiger partial charge is 0.341 e. The highest BCUT2D eigenvalue weighted by Crippen LogP contribution is 2.37. The van der Waals surface area contributed by atoms with Gasteiger partial charge in [0, 0.05) is 35.4 Å². The van der Waals surface area contributed by atoms with E-state index in [9.17, 15) is 19.7 Å². The molecule has 0 spiro atoms. The fraction of sp³-hybridized carbons (Fsp3) is 0.250. The lowest BCUT2D eigenvalue weighted by atomic mass is 10.0. The monoisotopic (exact) mass is 382 g/mol. The molecule has 0 aliphatic carbocycles. The molecule has 2 aromatic rings. The van der Waals surface area contributed by atoms with Gasteiger partial charge >= 0.3 is 5.97 Å². The second-order valence-corrected chi connectivity index (χ2v) is 6.13. The highest BCUT2D eigenvalue weighted by atomic mass is 35.5. The van der Waals surface area contributed by atoms with E-state index in [-0.39, 0.29) is 36.1 Å². The summed E-state index contributed by atoms with van der Waals surface area (Å²) in [6, 6.07) is 5.92. The number of hydrogen-bond acceptors (Lipinski definition) is 6. The number of alkyl halides is 1. The van der Waals surface area contributed by atoms with E-state index in [1.165, 1.54) is 18.2 Å². The quantitative estimate of drug-likeness (QED) is 0.337. The Bertz CT molecular complexity index is 806. The van der Waals surface area contributed by atoms with Gasteiger partial charge in [-0.2, -0.15) is 0 Å². The van der Waals surface area contributed by atoms with Crippen LogP contribution in [-0.2, 0) is 9.53 Å². The van der Waals surface area contributed by atoms with Crippen LogP contribution in [0.15, 0.2) is 29.6 Å². The maximum atomic E-state index is 12.4. The number of thiophene rings is 1. The number of anilines is 1.